The molecule has 8 heteroatoms. The summed E-state index contributed by atoms with van der Waals surface area (Å²) in [7, 11) is -3.79. The van der Waals surface area contributed by atoms with E-state index >= 15 is 0 Å². The number of hydrogen-bond donors (Lipinski definition) is 2. The molecule has 2 aromatic rings. The molecule has 21 heavy (non-hydrogen) atoms. The van der Waals surface area contributed by atoms with Gasteiger partial charge in [-0.05, 0) is 18.2 Å². The minimum absolute atomic E-state index is 0.0110. The minimum atomic E-state index is -3.79. The summed E-state index contributed by atoms with van der Waals surface area (Å²) < 4.78 is 26.8. The molecule has 108 valence electrons. The Morgan fingerprint density at radius 2 is 2.10 bits per heavy atom. The van der Waals surface area contributed by atoms with Crippen LogP contribution in [0.3, 0.4) is 0 Å². The molecule has 0 saturated carbocycles. The third-order valence-corrected chi connectivity index (χ3v) is 3.87. The van der Waals surface area contributed by atoms with Crippen LogP contribution >= 0.6 is 11.6 Å². The van der Waals surface area contributed by atoms with Gasteiger partial charge in [0.05, 0.1) is 11.6 Å². The Balaban J connectivity index is 2.29. The highest BCUT2D eigenvalue weighted by Crippen LogP contribution is 2.16. The summed E-state index contributed by atoms with van der Waals surface area (Å²) in [6.07, 6.45) is 4.04. The molecule has 0 aromatic carbocycles. The Kier molecular flexibility index (Phi) is 4.75. The number of nitrogens with two attached hydrogens (primary N) is 1. The van der Waals surface area contributed by atoms with Crippen molar-refractivity contribution in [2.45, 2.75) is 4.90 Å². The molecule has 0 unspecified atom stereocenters. The van der Waals surface area contributed by atoms with Gasteiger partial charge in [0, 0.05) is 24.2 Å². The number of nitrogens with zero attached hydrogens (tertiary/aromatic N) is 2. The SMILES string of the molecule is NCC#Cc1cncc(S(=O)(=O)Nc2ccc(Cl)cn2)c1. The van der Waals surface area contributed by atoms with Gasteiger partial charge < -0.3 is 5.73 Å². The summed E-state index contributed by atoms with van der Waals surface area (Å²) >= 11 is 5.69. The van der Waals surface area contributed by atoms with Crippen LogP contribution in [-0.2, 0) is 10.0 Å². The average molecular weight is 323 g/mol. The number of halogens is 1. The molecule has 0 radical (unpaired) electrons. The summed E-state index contributed by atoms with van der Waals surface area (Å²) in [5, 5.41) is 0.415. The van der Waals surface area contributed by atoms with E-state index in [9.17, 15) is 8.42 Å². The zero-order valence-corrected chi connectivity index (χ0v) is 12.3. The number of hydrogen-bond acceptors (Lipinski definition) is 5. The summed E-state index contributed by atoms with van der Waals surface area (Å²) in [6, 6.07) is 4.41. The van der Waals surface area contributed by atoms with Crippen molar-refractivity contribution in [3.63, 3.8) is 0 Å². The summed E-state index contributed by atoms with van der Waals surface area (Å²) in [4.78, 5) is 7.72. The van der Waals surface area contributed by atoms with Gasteiger partial charge in [0.2, 0.25) is 0 Å². The predicted molar refractivity (Wildman–Crippen MR) is 80.2 cm³/mol. The van der Waals surface area contributed by atoms with E-state index in [1.807, 2.05) is 0 Å². The number of sulfonamides is 1. The van der Waals surface area contributed by atoms with E-state index in [0.29, 0.717) is 10.6 Å². The molecule has 3 N–H and O–H groups in total. The lowest BCUT2D eigenvalue weighted by Crippen LogP contribution is -2.14. The van der Waals surface area contributed by atoms with Gasteiger partial charge in [-0.3, -0.25) is 9.71 Å². The fraction of sp³-hybridized carbons (Fsp3) is 0.0769. The topological polar surface area (TPSA) is 98.0 Å². The van der Waals surface area contributed by atoms with Crippen molar-refractivity contribution in [1.29, 1.82) is 0 Å². The van der Waals surface area contributed by atoms with Gasteiger partial charge in [0.25, 0.3) is 10.0 Å². The number of nitrogens with one attached hydrogen (secondary N) is 1. The maximum Gasteiger partial charge on any atom is 0.264 e. The predicted octanol–water partition coefficient (Wildman–Crippen LogP) is 1.24. The van der Waals surface area contributed by atoms with Crippen molar-refractivity contribution < 1.29 is 8.42 Å². The zero-order valence-electron chi connectivity index (χ0n) is 10.7. The highest BCUT2D eigenvalue weighted by Gasteiger charge is 2.15. The van der Waals surface area contributed by atoms with E-state index in [-0.39, 0.29) is 17.3 Å². The Labute approximate surface area is 127 Å². The van der Waals surface area contributed by atoms with Gasteiger partial charge in [-0.25, -0.2) is 13.4 Å². The molecule has 0 spiro atoms. The largest absolute Gasteiger partial charge is 0.320 e. The van der Waals surface area contributed by atoms with Crippen LogP contribution in [0.1, 0.15) is 5.56 Å². The van der Waals surface area contributed by atoms with Gasteiger partial charge in [-0.2, -0.15) is 0 Å². The van der Waals surface area contributed by atoms with Crippen LogP contribution in [-0.4, -0.2) is 24.9 Å². The smallest absolute Gasteiger partial charge is 0.264 e. The number of aromatic nitrogens is 2. The van der Waals surface area contributed by atoms with Crippen LogP contribution in [0.4, 0.5) is 5.82 Å². The summed E-state index contributed by atoms with van der Waals surface area (Å²) in [5.74, 6) is 5.52. The van der Waals surface area contributed by atoms with Crippen molar-refractivity contribution in [2.75, 3.05) is 11.3 Å². The molecule has 6 nitrogen and oxygen atoms in total. The first-order chi connectivity index (χ1) is 10.0. The molecule has 0 aliphatic heterocycles. The second-order valence-electron chi connectivity index (χ2n) is 3.88. The maximum absolute atomic E-state index is 12.2. The summed E-state index contributed by atoms with van der Waals surface area (Å²) in [5.41, 5.74) is 5.74. The van der Waals surface area contributed by atoms with E-state index in [2.05, 4.69) is 26.5 Å². The zero-order chi connectivity index (χ0) is 15.3. The number of anilines is 1. The highest BCUT2D eigenvalue weighted by molar-refractivity contribution is 7.92. The van der Waals surface area contributed by atoms with Crippen molar-refractivity contribution in [3.05, 3.63) is 47.4 Å². The molecule has 2 rings (SSSR count). The summed E-state index contributed by atoms with van der Waals surface area (Å²) in [6.45, 7) is 0.184. The second-order valence-corrected chi connectivity index (χ2v) is 6.00. The molecule has 0 aliphatic rings. The first-order valence-corrected chi connectivity index (χ1v) is 7.66. The average Bonchev–Trinajstić information content (AvgIpc) is 2.48. The lowest BCUT2D eigenvalue weighted by Gasteiger charge is -2.07. The first-order valence-electron chi connectivity index (χ1n) is 5.79. The van der Waals surface area contributed by atoms with Gasteiger partial charge in [-0.15, -0.1) is 0 Å². The standard InChI is InChI=1S/C13H11ClN4O2S/c14-11-3-4-13(17-8-11)18-21(19,20)12-6-10(2-1-5-15)7-16-9-12/h3-4,6-9H,5,15H2,(H,17,18). The van der Waals surface area contributed by atoms with E-state index < -0.39 is 10.0 Å². The Hall–Kier alpha value is -2.14. The molecule has 0 aliphatic carbocycles. The van der Waals surface area contributed by atoms with Gasteiger partial charge in [0.15, 0.2) is 0 Å². The molecule has 2 aromatic heterocycles. The molecule has 0 fully saturated rings. The molecule has 0 atom stereocenters. The van der Waals surface area contributed by atoms with Gasteiger partial charge in [0.1, 0.15) is 10.7 Å². The third kappa shape index (κ3) is 4.16. The Bertz CT molecular complexity index is 795. The molecule has 0 bridgehead atoms. The maximum atomic E-state index is 12.2. The van der Waals surface area contributed by atoms with Crippen molar-refractivity contribution >= 4 is 27.4 Å². The van der Waals surface area contributed by atoms with Crippen LogP contribution in [0.2, 0.25) is 5.02 Å². The monoisotopic (exact) mass is 322 g/mol. The van der Waals surface area contributed by atoms with E-state index in [0.717, 1.165) is 0 Å². The van der Waals surface area contributed by atoms with Crippen LogP contribution in [0.15, 0.2) is 41.7 Å². The van der Waals surface area contributed by atoms with Gasteiger partial charge in [-0.1, -0.05) is 23.4 Å². The van der Waals surface area contributed by atoms with Crippen LogP contribution in [0, 0.1) is 11.8 Å². The fourth-order valence-electron chi connectivity index (χ4n) is 1.42. The van der Waals surface area contributed by atoms with Gasteiger partial charge >= 0.3 is 0 Å². The lowest BCUT2D eigenvalue weighted by molar-refractivity contribution is 0.600. The number of rotatable bonds is 3. The quantitative estimate of drug-likeness (QED) is 0.828. The van der Waals surface area contributed by atoms with Crippen LogP contribution in [0.5, 0.6) is 0 Å². The van der Waals surface area contributed by atoms with Crippen LogP contribution < -0.4 is 10.5 Å². The Morgan fingerprint density at radius 3 is 2.76 bits per heavy atom. The molecule has 0 amide bonds. The third-order valence-electron chi connectivity index (χ3n) is 2.32. The lowest BCUT2D eigenvalue weighted by atomic mass is 10.3. The highest BCUT2D eigenvalue weighted by atomic mass is 35.5. The van der Waals surface area contributed by atoms with Crippen molar-refractivity contribution in [1.82, 2.24) is 9.97 Å². The second kappa shape index (κ2) is 6.54. The van der Waals surface area contributed by atoms with Crippen molar-refractivity contribution in [2.24, 2.45) is 5.73 Å². The van der Waals surface area contributed by atoms with E-state index in [1.54, 1.807) is 0 Å². The van der Waals surface area contributed by atoms with E-state index in [4.69, 9.17) is 17.3 Å². The fourth-order valence-corrected chi connectivity index (χ4v) is 2.53. The molecular weight excluding hydrogens is 312 g/mol. The molecule has 2 heterocycles. The molecular formula is C13H11ClN4O2S. The number of pyridine rings is 2. The normalized spacial score (nSPS) is 10.6. The van der Waals surface area contributed by atoms with Crippen LogP contribution in [0.25, 0.3) is 0 Å². The van der Waals surface area contributed by atoms with Crippen molar-refractivity contribution in [3.8, 4) is 11.8 Å². The van der Waals surface area contributed by atoms with E-state index in [1.165, 1.54) is 36.8 Å². The minimum Gasteiger partial charge on any atom is -0.320 e. The first kappa shape index (κ1) is 15.3. The Morgan fingerprint density at radius 1 is 1.29 bits per heavy atom. The molecule has 0 saturated heterocycles.